The molecule has 3 rings (SSSR count). The summed E-state index contributed by atoms with van der Waals surface area (Å²) in [6.45, 7) is 1.37. The van der Waals surface area contributed by atoms with E-state index in [9.17, 15) is 14.4 Å². The third-order valence-corrected chi connectivity index (χ3v) is 5.55. The molecule has 0 bridgehead atoms. The summed E-state index contributed by atoms with van der Waals surface area (Å²) in [5.41, 5.74) is 4.48. The minimum absolute atomic E-state index is 0.0676. The van der Waals surface area contributed by atoms with Crippen LogP contribution in [0.15, 0.2) is 48.5 Å². The standard InChI is InChI=1S/C24H28N2O6/c1-2-7-15(12-22(28)26-21(13-27)23(29)30)25-24(31)32-14-20-18-10-5-3-8-16(18)17-9-4-6-11-19(17)20/h3-6,8-11,15,20-21,27H,2,7,12-14H2,1H3,(H,25,31)(H,26,28)(H,29,30)/t15-,21-/m1/s1. The number of aliphatic carboxylic acids is 1. The van der Waals surface area contributed by atoms with Gasteiger partial charge >= 0.3 is 12.1 Å². The van der Waals surface area contributed by atoms with Crippen LogP contribution in [0.4, 0.5) is 4.79 Å². The van der Waals surface area contributed by atoms with Crippen molar-refractivity contribution < 1.29 is 29.3 Å². The van der Waals surface area contributed by atoms with Crippen molar-refractivity contribution in [1.82, 2.24) is 10.6 Å². The quantitative estimate of drug-likeness (QED) is 0.450. The predicted octanol–water partition coefficient (Wildman–Crippen LogP) is 2.65. The first-order valence-corrected chi connectivity index (χ1v) is 10.7. The van der Waals surface area contributed by atoms with Crippen LogP contribution < -0.4 is 10.6 Å². The summed E-state index contributed by atoms with van der Waals surface area (Å²) in [6, 6.07) is 14.2. The molecule has 0 saturated heterocycles. The van der Waals surface area contributed by atoms with E-state index in [2.05, 4.69) is 22.8 Å². The van der Waals surface area contributed by atoms with Crippen molar-refractivity contribution in [3.05, 3.63) is 59.7 Å². The van der Waals surface area contributed by atoms with Crippen LogP contribution in [0.2, 0.25) is 0 Å². The highest BCUT2D eigenvalue weighted by Crippen LogP contribution is 2.44. The molecule has 0 fully saturated rings. The molecule has 32 heavy (non-hydrogen) atoms. The second kappa shape index (κ2) is 10.8. The van der Waals surface area contributed by atoms with Crippen LogP contribution in [0.25, 0.3) is 11.1 Å². The van der Waals surface area contributed by atoms with Gasteiger partial charge in [0.15, 0.2) is 0 Å². The molecule has 1 aliphatic carbocycles. The molecule has 2 aromatic carbocycles. The zero-order chi connectivity index (χ0) is 23.1. The van der Waals surface area contributed by atoms with E-state index < -0.39 is 36.7 Å². The van der Waals surface area contributed by atoms with E-state index in [4.69, 9.17) is 14.9 Å². The molecule has 8 nitrogen and oxygen atoms in total. The van der Waals surface area contributed by atoms with Gasteiger partial charge in [-0.05, 0) is 28.7 Å². The van der Waals surface area contributed by atoms with Crippen molar-refractivity contribution >= 4 is 18.0 Å². The molecule has 170 valence electrons. The van der Waals surface area contributed by atoms with Crippen LogP contribution in [-0.4, -0.2) is 53.5 Å². The van der Waals surface area contributed by atoms with Crippen molar-refractivity contribution in [2.24, 2.45) is 0 Å². The summed E-state index contributed by atoms with van der Waals surface area (Å²) in [5, 5.41) is 23.0. The number of alkyl carbamates (subject to hydrolysis) is 1. The normalized spacial score (nSPS) is 14.1. The Morgan fingerprint density at radius 3 is 2.12 bits per heavy atom. The third-order valence-electron chi connectivity index (χ3n) is 5.55. The molecule has 2 amide bonds. The molecule has 0 spiro atoms. The number of aliphatic hydroxyl groups is 1. The summed E-state index contributed by atoms with van der Waals surface area (Å²) < 4.78 is 5.52. The van der Waals surface area contributed by atoms with Crippen LogP contribution >= 0.6 is 0 Å². The Kier molecular flexibility index (Phi) is 7.83. The van der Waals surface area contributed by atoms with E-state index in [0.29, 0.717) is 12.8 Å². The number of rotatable bonds is 10. The first-order chi connectivity index (χ1) is 15.4. The van der Waals surface area contributed by atoms with Crippen molar-refractivity contribution in [1.29, 1.82) is 0 Å². The highest BCUT2D eigenvalue weighted by atomic mass is 16.5. The fourth-order valence-corrected chi connectivity index (χ4v) is 4.04. The average Bonchev–Trinajstić information content (AvgIpc) is 3.10. The molecule has 0 radical (unpaired) electrons. The lowest BCUT2D eigenvalue weighted by atomic mass is 9.98. The smallest absolute Gasteiger partial charge is 0.407 e. The highest BCUT2D eigenvalue weighted by Gasteiger charge is 2.29. The molecule has 4 N–H and O–H groups in total. The van der Waals surface area contributed by atoms with E-state index >= 15 is 0 Å². The first-order valence-electron chi connectivity index (χ1n) is 10.7. The van der Waals surface area contributed by atoms with E-state index in [-0.39, 0.29) is 18.9 Å². The molecule has 0 aromatic heterocycles. The van der Waals surface area contributed by atoms with Gasteiger partial charge in [-0.3, -0.25) is 4.79 Å². The fraction of sp³-hybridized carbons (Fsp3) is 0.375. The monoisotopic (exact) mass is 440 g/mol. The summed E-state index contributed by atoms with van der Waals surface area (Å²) in [7, 11) is 0. The number of carboxylic acid groups (broad SMARTS) is 1. The Bertz CT molecular complexity index is 931. The van der Waals surface area contributed by atoms with Crippen LogP contribution in [0.1, 0.15) is 43.2 Å². The summed E-state index contributed by atoms with van der Waals surface area (Å²) >= 11 is 0. The number of benzene rings is 2. The minimum atomic E-state index is -1.38. The van der Waals surface area contributed by atoms with E-state index in [1.165, 1.54) is 0 Å². The Hall–Kier alpha value is -3.39. The molecule has 2 atom stereocenters. The van der Waals surface area contributed by atoms with Gasteiger partial charge in [0.2, 0.25) is 5.91 Å². The first kappa shape index (κ1) is 23.3. The summed E-state index contributed by atoms with van der Waals surface area (Å²) in [6.07, 6.45) is 0.496. The number of amides is 2. The molecule has 0 saturated carbocycles. The van der Waals surface area contributed by atoms with Crippen molar-refractivity contribution in [3.8, 4) is 11.1 Å². The lowest BCUT2D eigenvalue weighted by Crippen LogP contribution is -2.46. The van der Waals surface area contributed by atoms with Gasteiger partial charge in [0.1, 0.15) is 12.6 Å². The third kappa shape index (κ3) is 5.45. The SMILES string of the molecule is CCC[C@H](CC(=O)N[C@H](CO)C(=O)O)NC(=O)OCC1c2ccccc2-c2ccccc21. The lowest BCUT2D eigenvalue weighted by molar-refractivity contribution is -0.143. The molecular formula is C24H28N2O6. The van der Waals surface area contributed by atoms with Gasteiger partial charge < -0.3 is 25.6 Å². The zero-order valence-corrected chi connectivity index (χ0v) is 17.9. The molecular weight excluding hydrogens is 412 g/mol. The van der Waals surface area contributed by atoms with Crippen LogP contribution in [0, 0.1) is 0 Å². The van der Waals surface area contributed by atoms with Crippen molar-refractivity contribution in [3.63, 3.8) is 0 Å². The maximum absolute atomic E-state index is 12.5. The summed E-state index contributed by atoms with van der Waals surface area (Å²) in [5.74, 6) is -1.96. The van der Waals surface area contributed by atoms with Gasteiger partial charge in [0.25, 0.3) is 0 Å². The Labute approximate surface area is 186 Å². The largest absolute Gasteiger partial charge is 0.480 e. The second-order valence-corrected chi connectivity index (χ2v) is 7.80. The summed E-state index contributed by atoms with van der Waals surface area (Å²) in [4.78, 5) is 35.6. The minimum Gasteiger partial charge on any atom is -0.480 e. The molecule has 1 aliphatic rings. The van der Waals surface area contributed by atoms with E-state index in [0.717, 1.165) is 22.3 Å². The zero-order valence-electron chi connectivity index (χ0n) is 17.9. The van der Waals surface area contributed by atoms with Crippen molar-refractivity contribution in [2.75, 3.05) is 13.2 Å². The van der Waals surface area contributed by atoms with Crippen LogP contribution in [0.5, 0.6) is 0 Å². The predicted molar refractivity (Wildman–Crippen MR) is 118 cm³/mol. The number of carboxylic acids is 1. The number of carbonyl (C=O) groups is 3. The van der Waals surface area contributed by atoms with Gasteiger partial charge in [-0.2, -0.15) is 0 Å². The maximum atomic E-state index is 12.5. The van der Waals surface area contributed by atoms with Gasteiger partial charge in [0.05, 0.1) is 6.61 Å². The van der Waals surface area contributed by atoms with E-state index in [1.807, 2.05) is 43.3 Å². The molecule has 0 aliphatic heterocycles. The van der Waals surface area contributed by atoms with E-state index in [1.54, 1.807) is 0 Å². The van der Waals surface area contributed by atoms with Crippen LogP contribution in [-0.2, 0) is 14.3 Å². The van der Waals surface area contributed by atoms with Gasteiger partial charge in [-0.1, -0.05) is 61.9 Å². The number of ether oxygens (including phenoxy) is 1. The topological polar surface area (TPSA) is 125 Å². The Balaban J connectivity index is 1.59. The number of aliphatic hydroxyl groups excluding tert-OH is 1. The van der Waals surface area contributed by atoms with Gasteiger partial charge in [0, 0.05) is 18.4 Å². The van der Waals surface area contributed by atoms with Gasteiger partial charge in [-0.25, -0.2) is 9.59 Å². The molecule has 0 heterocycles. The maximum Gasteiger partial charge on any atom is 0.407 e. The fourth-order valence-electron chi connectivity index (χ4n) is 4.04. The van der Waals surface area contributed by atoms with Gasteiger partial charge in [-0.15, -0.1) is 0 Å². The highest BCUT2D eigenvalue weighted by molar-refractivity contribution is 5.84. The molecule has 0 unspecified atom stereocenters. The second-order valence-electron chi connectivity index (χ2n) is 7.80. The average molecular weight is 440 g/mol. The Morgan fingerprint density at radius 2 is 1.59 bits per heavy atom. The number of carbonyl (C=O) groups excluding carboxylic acids is 2. The van der Waals surface area contributed by atoms with Crippen molar-refractivity contribution in [2.45, 2.75) is 44.2 Å². The lowest BCUT2D eigenvalue weighted by Gasteiger charge is -2.20. The number of hydrogen-bond donors (Lipinski definition) is 4. The Morgan fingerprint density at radius 1 is 1.00 bits per heavy atom. The number of fused-ring (bicyclic) bond motifs is 3. The number of nitrogens with one attached hydrogen (secondary N) is 2. The molecule has 2 aromatic rings. The number of hydrogen-bond acceptors (Lipinski definition) is 5. The molecule has 8 heteroatoms. The van der Waals surface area contributed by atoms with Crippen LogP contribution in [0.3, 0.4) is 0 Å².